The Balaban J connectivity index is 0.000000845. The highest BCUT2D eigenvalue weighted by atomic mass is 35.5. The van der Waals surface area contributed by atoms with Gasteiger partial charge in [-0.2, -0.15) is 5.21 Å². The van der Waals surface area contributed by atoms with Crippen molar-refractivity contribution in [2.75, 3.05) is 0 Å². The molecule has 3 N–H and O–H groups in total. The first-order valence-corrected chi connectivity index (χ1v) is 4.16. The van der Waals surface area contributed by atoms with Crippen LogP contribution in [0.2, 0.25) is 0 Å². The molecule has 0 radical (unpaired) electrons. The lowest BCUT2D eigenvalue weighted by molar-refractivity contribution is 0.881. The van der Waals surface area contributed by atoms with Crippen LogP contribution in [0.5, 0.6) is 0 Å². The van der Waals surface area contributed by atoms with E-state index in [4.69, 9.17) is 5.73 Å². The number of halogens is 2. The maximum atomic E-state index is 5.40. The highest BCUT2D eigenvalue weighted by molar-refractivity contribution is 7.09. The summed E-state index contributed by atoms with van der Waals surface area (Å²) < 4.78 is 0. The Bertz CT molecular complexity index is 360. The number of aromatic amines is 1. The number of tetrazole rings is 1. The standard InChI is InChI=1S/C5H6N6S.2ClH/c6-1-4-7-3(2-12-4)5-8-10-11-9-5;;/h2H,1,6H2,(H,8,9,10,11);2*1H. The van der Waals surface area contributed by atoms with Crippen LogP contribution in [-0.4, -0.2) is 25.6 Å². The van der Waals surface area contributed by atoms with Gasteiger partial charge in [-0.15, -0.1) is 46.3 Å². The summed E-state index contributed by atoms with van der Waals surface area (Å²) in [5, 5.41) is 16.1. The SMILES string of the molecule is Cl.Cl.NCc1nc(-c2nn[nH]n2)cs1. The fourth-order valence-corrected chi connectivity index (χ4v) is 1.43. The van der Waals surface area contributed by atoms with Crippen molar-refractivity contribution in [1.29, 1.82) is 0 Å². The van der Waals surface area contributed by atoms with Crippen molar-refractivity contribution in [3.05, 3.63) is 10.4 Å². The molecule has 0 saturated carbocycles. The van der Waals surface area contributed by atoms with E-state index in [1.54, 1.807) is 0 Å². The van der Waals surface area contributed by atoms with E-state index in [9.17, 15) is 0 Å². The summed E-state index contributed by atoms with van der Waals surface area (Å²) in [4.78, 5) is 4.18. The summed E-state index contributed by atoms with van der Waals surface area (Å²) in [6.07, 6.45) is 0. The van der Waals surface area contributed by atoms with E-state index in [0.717, 1.165) is 5.01 Å². The average molecular weight is 255 g/mol. The van der Waals surface area contributed by atoms with Crippen molar-refractivity contribution >= 4 is 36.2 Å². The molecule has 0 aliphatic rings. The van der Waals surface area contributed by atoms with Gasteiger partial charge in [0.05, 0.1) is 0 Å². The zero-order chi connectivity index (χ0) is 8.39. The number of hydrogen-bond acceptors (Lipinski definition) is 6. The zero-order valence-corrected chi connectivity index (χ0v) is 9.32. The lowest BCUT2D eigenvalue weighted by atomic mass is 10.5. The molecule has 0 atom stereocenters. The molecule has 0 bridgehead atoms. The zero-order valence-electron chi connectivity index (χ0n) is 6.88. The van der Waals surface area contributed by atoms with E-state index in [0.29, 0.717) is 18.1 Å². The van der Waals surface area contributed by atoms with Crippen LogP contribution in [0.4, 0.5) is 0 Å². The molecule has 0 amide bonds. The van der Waals surface area contributed by atoms with E-state index in [1.165, 1.54) is 11.3 Å². The largest absolute Gasteiger partial charge is 0.325 e. The fourth-order valence-electron chi connectivity index (χ4n) is 0.778. The van der Waals surface area contributed by atoms with Crippen LogP contribution in [0.1, 0.15) is 5.01 Å². The van der Waals surface area contributed by atoms with Crippen LogP contribution >= 0.6 is 36.2 Å². The summed E-state index contributed by atoms with van der Waals surface area (Å²) in [6.45, 7) is 0.447. The molecule has 0 spiro atoms. The molecule has 6 nitrogen and oxygen atoms in total. The Hall–Kier alpha value is -0.760. The molecule has 0 aliphatic heterocycles. The number of hydrogen-bond donors (Lipinski definition) is 2. The highest BCUT2D eigenvalue weighted by Crippen LogP contribution is 2.16. The van der Waals surface area contributed by atoms with Crippen LogP contribution in [0.15, 0.2) is 5.38 Å². The van der Waals surface area contributed by atoms with Crippen molar-refractivity contribution in [2.24, 2.45) is 5.73 Å². The second kappa shape index (κ2) is 5.86. The monoisotopic (exact) mass is 254 g/mol. The molecule has 0 fully saturated rings. The predicted octanol–water partition coefficient (Wildman–Crippen LogP) is 0.625. The average Bonchev–Trinajstić information content (AvgIpc) is 2.75. The second-order valence-electron chi connectivity index (χ2n) is 2.07. The van der Waals surface area contributed by atoms with Gasteiger partial charge in [0.1, 0.15) is 10.7 Å². The van der Waals surface area contributed by atoms with E-state index in [-0.39, 0.29) is 24.8 Å². The van der Waals surface area contributed by atoms with Gasteiger partial charge in [0, 0.05) is 11.9 Å². The Kier molecular flexibility index (Phi) is 5.55. The number of nitrogens with two attached hydrogens (primary N) is 1. The fraction of sp³-hybridized carbons (Fsp3) is 0.200. The third-order valence-corrected chi connectivity index (χ3v) is 2.17. The quantitative estimate of drug-likeness (QED) is 0.820. The molecule has 2 aromatic rings. The Morgan fingerprint density at radius 1 is 1.43 bits per heavy atom. The van der Waals surface area contributed by atoms with E-state index >= 15 is 0 Å². The maximum absolute atomic E-state index is 5.40. The van der Waals surface area contributed by atoms with E-state index in [1.807, 2.05) is 5.38 Å². The van der Waals surface area contributed by atoms with Gasteiger partial charge in [-0.25, -0.2) is 4.98 Å². The summed E-state index contributed by atoms with van der Waals surface area (Å²) in [5.74, 6) is 0.506. The number of thiazole rings is 1. The second-order valence-corrected chi connectivity index (χ2v) is 3.01. The van der Waals surface area contributed by atoms with Crippen LogP contribution in [0.3, 0.4) is 0 Å². The molecule has 14 heavy (non-hydrogen) atoms. The van der Waals surface area contributed by atoms with Crippen LogP contribution in [0.25, 0.3) is 11.5 Å². The van der Waals surface area contributed by atoms with Crippen molar-refractivity contribution < 1.29 is 0 Å². The van der Waals surface area contributed by atoms with Crippen LogP contribution < -0.4 is 5.73 Å². The number of nitrogens with one attached hydrogen (secondary N) is 1. The molecule has 2 heterocycles. The molecule has 2 rings (SSSR count). The Morgan fingerprint density at radius 3 is 2.71 bits per heavy atom. The molecule has 0 aromatic carbocycles. The van der Waals surface area contributed by atoms with Gasteiger partial charge in [-0.1, -0.05) is 0 Å². The summed E-state index contributed by atoms with van der Waals surface area (Å²) in [7, 11) is 0. The van der Waals surface area contributed by atoms with Crippen molar-refractivity contribution in [3.63, 3.8) is 0 Å². The first kappa shape index (κ1) is 13.2. The number of H-pyrrole nitrogens is 1. The van der Waals surface area contributed by atoms with Gasteiger partial charge < -0.3 is 5.73 Å². The van der Waals surface area contributed by atoms with Gasteiger partial charge in [-0.05, 0) is 5.21 Å². The normalized spacial score (nSPS) is 8.93. The van der Waals surface area contributed by atoms with Crippen molar-refractivity contribution in [3.8, 4) is 11.5 Å². The summed E-state index contributed by atoms with van der Waals surface area (Å²) in [6, 6.07) is 0. The Morgan fingerprint density at radius 2 is 2.21 bits per heavy atom. The number of nitrogens with zero attached hydrogens (tertiary/aromatic N) is 4. The first-order chi connectivity index (χ1) is 5.90. The molecule has 78 valence electrons. The Labute approximate surface area is 96.1 Å². The van der Waals surface area contributed by atoms with Gasteiger partial charge in [0.25, 0.3) is 0 Å². The summed E-state index contributed by atoms with van der Waals surface area (Å²) in [5.41, 5.74) is 6.12. The first-order valence-electron chi connectivity index (χ1n) is 3.28. The summed E-state index contributed by atoms with van der Waals surface area (Å²) >= 11 is 1.49. The third kappa shape index (κ3) is 2.61. The van der Waals surface area contributed by atoms with Gasteiger partial charge >= 0.3 is 0 Å². The van der Waals surface area contributed by atoms with Crippen LogP contribution in [-0.2, 0) is 6.54 Å². The minimum absolute atomic E-state index is 0. The molecular weight excluding hydrogens is 247 g/mol. The maximum Gasteiger partial charge on any atom is 0.223 e. The lowest BCUT2D eigenvalue weighted by Gasteiger charge is -1.83. The molecule has 0 unspecified atom stereocenters. The van der Waals surface area contributed by atoms with Crippen molar-refractivity contribution in [2.45, 2.75) is 6.54 Å². The number of rotatable bonds is 2. The van der Waals surface area contributed by atoms with Crippen LogP contribution in [0, 0.1) is 0 Å². The molecular formula is C5H8Cl2N6S. The minimum atomic E-state index is 0. The molecule has 2 aromatic heterocycles. The smallest absolute Gasteiger partial charge is 0.223 e. The van der Waals surface area contributed by atoms with Crippen molar-refractivity contribution in [1.82, 2.24) is 25.6 Å². The molecule has 0 saturated heterocycles. The van der Waals surface area contributed by atoms with Gasteiger partial charge in [0.2, 0.25) is 5.82 Å². The molecule has 9 heteroatoms. The molecule has 0 aliphatic carbocycles. The minimum Gasteiger partial charge on any atom is -0.325 e. The highest BCUT2D eigenvalue weighted by Gasteiger charge is 2.06. The van der Waals surface area contributed by atoms with Gasteiger partial charge in [-0.3, -0.25) is 0 Å². The lowest BCUT2D eigenvalue weighted by Crippen LogP contribution is -1.94. The van der Waals surface area contributed by atoms with Gasteiger partial charge in [0.15, 0.2) is 0 Å². The van der Waals surface area contributed by atoms with E-state index in [2.05, 4.69) is 25.6 Å². The topological polar surface area (TPSA) is 93.4 Å². The van der Waals surface area contributed by atoms with E-state index < -0.39 is 0 Å². The predicted molar refractivity (Wildman–Crippen MR) is 57.7 cm³/mol. The third-order valence-electron chi connectivity index (χ3n) is 1.30. The number of aromatic nitrogens is 5.